The van der Waals surface area contributed by atoms with Crippen LogP contribution in [0.4, 0.5) is 0 Å². The summed E-state index contributed by atoms with van der Waals surface area (Å²) in [7, 11) is 0. The van der Waals surface area contributed by atoms with Gasteiger partial charge in [-0.1, -0.05) is 25.1 Å². The molecule has 0 saturated carbocycles. The van der Waals surface area contributed by atoms with E-state index in [0.29, 0.717) is 0 Å². The Kier molecular flexibility index (Phi) is 2.87. The second-order valence-corrected chi connectivity index (χ2v) is 4.23. The van der Waals surface area contributed by atoms with Crippen LogP contribution in [-0.4, -0.2) is 13.1 Å². The highest BCUT2D eigenvalue weighted by Gasteiger charge is 2.18. The first kappa shape index (κ1) is 9.72. The summed E-state index contributed by atoms with van der Waals surface area (Å²) in [4.78, 5) is 0. The molecular weight excluding hydrogens is 170 g/mol. The Morgan fingerprint density at radius 1 is 1.43 bits per heavy atom. The summed E-state index contributed by atoms with van der Waals surface area (Å²) in [5.74, 6) is 0.751. The average molecular weight is 189 g/mol. The topological polar surface area (TPSA) is 12.0 Å². The van der Waals surface area contributed by atoms with E-state index in [-0.39, 0.29) is 0 Å². The number of aryl methyl sites for hydroxylation is 2. The fourth-order valence-electron chi connectivity index (χ4n) is 2.27. The summed E-state index contributed by atoms with van der Waals surface area (Å²) in [6.45, 7) is 6.79. The van der Waals surface area contributed by atoms with Crippen LogP contribution in [0.5, 0.6) is 0 Å². The lowest BCUT2D eigenvalue weighted by molar-refractivity contribution is 0.755. The van der Waals surface area contributed by atoms with Gasteiger partial charge in [0.2, 0.25) is 0 Å². The molecule has 1 N–H and O–H groups in total. The summed E-state index contributed by atoms with van der Waals surface area (Å²) >= 11 is 0. The molecule has 1 atom stereocenters. The zero-order chi connectivity index (χ0) is 9.97. The maximum absolute atomic E-state index is 3.44. The van der Waals surface area contributed by atoms with Crippen LogP contribution in [0.25, 0.3) is 0 Å². The second kappa shape index (κ2) is 4.14. The third kappa shape index (κ3) is 1.83. The third-order valence-corrected chi connectivity index (χ3v) is 3.25. The van der Waals surface area contributed by atoms with Crippen LogP contribution in [0.3, 0.4) is 0 Å². The molecule has 0 amide bonds. The molecule has 1 saturated heterocycles. The predicted octanol–water partition coefficient (Wildman–Crippen LogP) is 2.63. The summed E-state index contributed by atoms with van der Waals surface area (Å²) in [6, 6.07) is 6.92. The fraction of sp³-hybridized carbons (Fsp3) is 0.538. The number of rotatable bonds is 2. The minimum atomic E-state index is 0.751. The lowest BCUT2D eigenvalue weighted by atomic mass is 9.92. The molecule has 0 bridgehead atoms. The summed E-state index contributed by atoms with van der Waals surface area (Å²) in [6.07, 6.45) is 2.45. The number of hydrogen-bond donors (Lipinski definition) is 1. The van der Waals surface area contributed by atoms with Crippen molar-refractivity contribution in [2.75, 3.05) is 13.1 Å². The van der Waals surface area contributed by atoms with Crippen LogP contribution in [-0.2, 0) is 6.42 Å². The van der Waals surface area contributed by atoms with E-state index in [1.807, 2.05) is 0 Å². The quantitative estimate of drug-likeness (QED) is 0.754. The zero-order valence-electron chi connectivity index (χ0n) is 9.14. The standard InChI is InChI=1S/C13H19N/c1-3-11-5-4-10(2)13(8-11)12-6-7-14-9-12/h4-5,8,12,14H,3,6-7,9H2,1-2H3. The van der Waals surface area contributed by atoms with Gasteiger partial charge in [-0.3, -0.25) is 0 Å². The molecule has 1 fully saturated rings. The van der Waals surface area contributed by atoms with Crippen LogP contribution in [0.1, 0.15) is 36.0 Å². The summed E-state index contributed by atoms with van der Waals surface area (Å²) in [5.41, 5.74) is 4.49. The Morgan fingerprint density at radius 2 is 2.29 bits per heavy atom. The normalized spacial score (nSPS) is 21.4. The molecule has 0 aromatic heterocycles. The molecule has 0 radical (unpaired) electrons. The van der Waals surface area contributed by atoms with E-state index in [4.69, 9.17) is 0 Å². The third-order valence-electron chi connectivity index (χ3n) is 3.25. The molecule has 2 rings (SSSR count). The van der Waals surface area contributed by atoms with Crippen LogP contribution < -0.4 is 5.32 Å². The largest absolute Gasteiger partial charge is 0.316 e. The van der Waals surface area contributed by atoms with Crippen LogP contribution >= 0.6 is 0 Å². The van der Waals surface area contributed by atoms with Crippen molar-refractivity contribution >= 4 is 0 Å². The van der Waals surface area contributed by atoms with Crippen molar-refractivity contribution in [2.24, 2.45) is 0 Å². The van der Waals surface area contributed by atoms with Crippen molar-refractivity contribution < 1.29 is 0 Å². The van der Waals surface area contributed by atoms with E-state index in [9.17, 15) is 0 Å². The first-order chi connectivity index (χ1) is 6.81. The Balaban J connectivity index is 2.29. The lowest BCUT2D eigenvalue weighted by Crippen LogP contribution is -2.09. The van der Waals surface area contributed by atoms with E-state index in [1.54, 1.807) is 5.56 Å². The average Bonchev–Trinajstić information content (AvgIpc) is 2.71. The summed E-state index contributed by atoms with van der Waals surface area (Å²) in [5, 5.41) is 3.44. The number of nitrogens with one attached hydrogen (secondary N) is 1. The molecule has 1 nitrogen and oxygen atoms in total. The van der Waals surface area contributed by atoms with Gasteiger partial charge < -0.3 is 5.32 Å². The second-order valence-electron chi connectivity index (χ2n) is 4.23. The van der Waals surface area contributed by atoms with Gasteiger partial charge in [0.15, 0.2) is 0 Å². The van der Waals surface area contributed by atoms with E-state index in [1.165, 1.54) is 24.1 Å². The fourth-order valence-corrected chi connectivity index (χ4v) is 2.27. The van der Waals surface area contributed by atoms with E-state index < -0.39 is 0 Å². The molecule has 76 valence electrons. The van der Waals surface area contributed by atoms with E-state index in [2.05, 4.69) is 37.4 Å². The summed E-state index contributed by atoms with van der Waals surface area (Å²) < 4.78 is 0. The highest BCUT2D eigenvalue weighted by molar-refractivity contribution is 5.34. The van der Waals surface area contributed by atoms with Crippen molar-refractivity contribution in [1.82, 2.24) is 5.32 Å². The van der Waals surface area contributed by atoms with Gasteiger partial charge >= 0.3 is 0 Å². The van der Waals surface area contributed by atoms with Crippen LogP contribution in [0, 0.1) is 6.92 Å². The first-order valence-electron chi connectivity index (χ1n) is 5.61. The van der Waals surface area contributed by atoms with Crippen LogP contribution in [0.2, 0.25) is 0 Å². The van der Waals surface area contributed by atoms with Gasteiger partial charge in [0, 0.05) is 6.54 Å². The maximum Gasteiger partial charge on any atom is 0.00207 e. The minimum absolute atomic E-state index is 0.751. The molecule has 1 aliphatic rings. The van der Waals surface area contributed by atoms with E-state index >= 15 is 0 Å². The molecule has 1 aromatic rings. The first-order valence-corrected chi connectivity index (χ1v) is 5.61. The smallest absolute Gasteiger partial charge is 0.00207 e. The van der Waals surface area contributed by atoms with Crippen molar-refractivity contribution in [3.8, 4) is 0 Å². The maximum atomic E-state index is 3.44. The van der Waals surface area contributed by atoms with Gasteiger partial charge in [0.25, 0.3) is 0 Å². The van der Waals surface area contributed by atoms with Gasteiger partial charge in [-0.2, -0.15) is 0 Å². The zero-order valence-corrected chi connectivity index (χ0v) is 9.14. The monoisotopic (exact) mass is 189 g/mol. The number of benzene rings is 1. The molecular formula is C13H19N. The highest BCUT2D eigenvalue weighted by Crippen LogP contribution is 2.26. The lowest BCUT2D eigenvalue weighted by Gasteiger charge is -2.13. The Hall–Kier alpha value is -0.820. The molecule has 1 unspecified atom stereocenters. The Labute approximate surface area is 86.5 Å². The highest BCUT2D eigenvalue weighted by atomic mass is 14.9. The SMILES string of the molecule is CCc1ccc(C)c(C2CCNC2)c1. The Bertz CT molecular complexity index is 311. The number of hydrogen-bond acceptors (Lipinski definition) is 1. The van der Waals surface area contributed by atoms with Crippen LogP contribution in [0.15, 0.2) is 18.2 Å². The van der Waals surface area contributed by atoms with Gasteiger partial charge in [0.05, 0.1) is 0 Å². The predicted molar refractivity (Wildman–Crippen MR) is 60.8 cm³/mol. The van der Waals surface area contributed by atoms with Gasteiger partial charge in [-0.25, -0.2) is 0 Å². The molecule has 1 heterocycles. The minimum Gasteiger partial charge on any atom is -0.316 e. The molecule has 1 aliphatic heterocycles. The Morgan fingerprint density at radius 3 is 2.93 bits per heavy atom. The van der Waals surface area contributed by atoms with Gasteiger partial charge in [-0.05, 0) is 48.9 Å². The molecule has 14 heavy (non-hydrogen) atoms. The molecule has 1 heteroatoms. The van der Waals surface area contributed by atoms with Gasteiger partial charge in [0.1, 0.15) is 0 Å². The van der Waals surface area contributed by atoms with Crippen molar-refractivity contribution in [3.05, 3.63) is 34.9 Å². The molecule has 0 aliphatic carbocycles. The molecule has 1 aromatic carbocycles. The van der Waals surface area contributed by atoms with Crippen molar-refractivity contribution in [3.63, 3.8) is 0 Å². The van der Waals surface area contributed by atoms with Gasteiger partial charge in [-0.15, -0.1) is 0 Å². The van der Waals surface area contributed by atoms with Crippen molar-refractivity contribution in [1.29, 1.82) is 0 Å². The van der Waals surface area contributed by atoms with E-state index in [0.717, 1.165) is 18.9 Å². The van der Waals surface area contributed by atoms with Crippen molar-refractivity contribution in [2.45, 2.75) is 32.6 Å². The molecule has 0 spiro atoms.